The quantitative estimate of drug-likeness (QED) is 0.684. The molecule has 84 valence electrons. The Labute approximate surface area is 93.2 Å². The third-order valence-corrected chi connectivity index (χ3v) is 3.57. The van der Waals surface area contributed by atoms with Crippen LogP contribution in [0.2, 0.25) is 0 Å². The lowest BCUT2D eigenvalue weighted by atomic mass is 10.0. The Morgan fingerprint density at radius 2 is 1.93 bits per heavy atom. The lowest BCUT2D eigenvalue weighted by Crippen LogP contribution is -2.45. The van der Waals surface area contributed by atoms with E-state index < -0.39 is 0 Å². The Balaban J connectivity index is 1.98. The van der Waals surface area contributed by atoms with Gasteiger partial charge in [0.2, 0.25) is 0 Å². The maximum Gasteiger partial charge on any atom is 0.0303 e. The summed E-state index contributed by atoms with van der Waals surface area (Å²) in [6.45, 7) is 10.6. The monoisotopic (exact) mass is 206 g/mol. The predicted octanol–water partition coefficient (Wildman–Crippen LogP) is 2.25. The van der Waals surface area contributed by atoms with Gasteiger partial charge in [-0.25, -0.2) is 0 Å². The first-order valence-corrected chi connectivity index (χ1v) is 6.15. The molecule has 2 heteroatoms. The molecule has 1 aliphatic heterocycles. The van der Waals surface area contributed by atoms with E-state index in [1.165, 1.54) is 51.1 Å². The highest BCUT2D eigenvalue weighted by molar-refractivity contribution is 5.27. The second-order valence-corrected chi connectivity index (χ2v) is 4.49. The Kier molecular flexibility index (Phi) is 3.47. The Bertz CT molecular complexity index is 270. The Hall–Kier alpha value is -0.760. The van der Waals surface area contributed by atoms with Crippen molar-refractivity contribution in [3.8, 4) is 0 Å². The molecule has 0 unspecified atom stereocenters. The van der Waals surface area contributed by atoms with E-state index in [2.05, 4.69) is 35.8 Å². The molecule has 0 radical (unpaired) electrons. The van der Waals surface area contributed by atoms with Crippen LogP contribution >= 0.6 is 0 Å². The van der Waals surface area contributed by atoms with Crippen molar-refractivity contribution in [2.24, 2.45) is 0 Å². The van der Waals surface area contributed by atoms with Crippen LogP contribution in [0.15, 0.2) is 23.4 Å². The van der Waals surface area contributed by atoms with E-state index in [1.807, 2.05) is 0 Å². The van der Waals surface area contributed by atoms with Crippen molar-refractivity contribution in [2.45, 2.75) is 26.7 Å². The van der Waals surface area contributed by atoms with E-state index in [0.29, 0.717) is 0 Å². The van der Waals surface area contributed by atoms with E-state index in [1.54, 1.807) is 5.70 Å². The lowest BCUT2D eigenvalue weighted by molar-refractivity contribution is 0.161. The average molecular weight is 206 g/mol. The fraction of sp³-hybridized carbons (Fsp3) is 0.692. The smallest absolute Gasteiger partial charge is 0.0303 e. The molecule has 0 aromatic rings. The second-order valence-electron chi connectivity index (χ2n) is 4.49. The molecule has 0 bridgehead atoms. The van der Waals surface area contributed by atoms with Gasteiger partial charge in [0, 0.05) is 31.9 Å². The summed E-state index contributed by atoms with van der Waals surface area (Å²) in [5, 5.41) is 0. The summed E-state index contributed by atoms with van der Waals surface area (Å²) in [5.41, 5.74) is 3.07. The molecule has 0 atom stereocenters. The topological polar surface area (TPSA) is 6.48 Å². The van der Waals surface area contributed by atoms with Crippen molar-refractivity contribution in [3.05, 3.63) is 23.4 Å². The maximum absolute atomic E-state index is 2.59. The standard InChI is InChI=1S/C13H22N2/c1-3-14-8-10-15(11-9-14)13-7-5-4-6-12(13)2/h4,6H,3,5,7-11H2,1-2H3. The van der Waals surface area contributed by atoms with Crippen molar-refractivity contribution in [3.63, 3.8) is 0 Å². The molecular formula is C13H22N2. The summed E-state index contributed by atoms with van der Waals surface area (Å²) in [6, 6.07) is 0. The highest BCUT2D eigenvalue weighted by Gasteiger charge is 2.19. The SMILES string of the molecule is CCN1CCN(C2=C(C)C=CCC2)CC1. The van der Waals surface area contributed by atoms with Crippen molar-refractivity contribution >= 4 is 0 Å². The molecule has 0 saturated carbocycles. The molecule has 0 aromatic carbocycles. The minimum absolute atomic E-state index is 1.20. The predicted molar refractivity (Wildman–Crippen MR) is 64.8 cm³/mol. The normalized spacial score (nSPS) is 23.7. The number of piperazine rings is 1. The summed E-state index contributed by atoms with van der Waals surface area (Å²) in [4.78, 5) is 5.12. The van der Waals surface area contributed by atoms with Crippen LogP contribution in [0.3, 0.4) is 0 Å². The number of rotatable bonds is 2. The van der Waals surface area contributed by atoms with Crippen LogP contribution in [0.5, 0.6) is 0 Å². The zero-order chi connectivity index (χ0) is 10.7. The molecule has 1 aliphatic carbocycles. The van der Waals surface area contributed by atoms with Crippen molar-refractivity contribution in [1.82, 2.24) is 9.80 Å². The van der Waals surface area contributed by atoms with Gasteiger partial charge in [-0.05, 0) is 31.9 Å². The van der Waals surface area contributed by atoms with E-state index in [9.17, 15) is 0 Å². The lowest BCUT2D eigenvalue weighted by Gasteiger charge is -2.38. The summed E-state index contributed by atoms with van der Waals surface area (Å²) in [6.07, 6.45) is 7.04. The first kappa shape index (κ1) is 10.7. The van der Waals surface area contributed by atoms with E-state index >= 15 is 0 Å². The molecule has 0 aromatic heterocycles. The average Bonchev–Trinajstić information content (AvgIpc) is 2.30. The number of hydrogen-bond acceptors (Lipinski definition) is 2. The minimum Gasteiger partial charge on any atom is -0.372 e. The number of likely N-dealkylation sites (N-methyl/N-ethyl adjacent to an activating group) is 1. The van der Waals surface area contributed by atoms with Crippen LogP contribution in [0, 0.1) is 0 Å². The summed E-state index contributed by atoms with van der Waals surface area (Å²) in [5.74, 6) is 0. The molecule has 0 spiro atoms. The van der Waals surface area contributed by atoms with Gasteiger partial charge in [0.05, 0.1) is 0 Å². The van der Waals surface area contributed by atoms with Gasteiger partial charge >= 0.3 is 0 Å². The molecule has 1 fully saturated rings. The molecule has 2 rings (SSSR count). The van der Waals surface area contributed by atoms with Crippen LogP contribution in [-0.4, -0.2) is 42.5 Å². The zero-order valence-corrected chi connectivity index (χ0v) is 10.00. The zero-order valence-electron chi connectivity index (χ0n) is 10.00. The van der Waals surface area contributed by atoms with Crippen LogP contribution in [0.4, 0.5) is 0 Å². The van der Waals surface area contributed by atoms with Crippen LogP contribution < -0.4 is 0 Å². The molecule has 0 amide bonds. The second kappa shape index (κ2) is 4.84. The van der Waals surface area contributed by atoms with Gasteiger partial charge in [-0.2, -0.15) is 0 Å². The highest BCUT2D eigenvalue weighted by Crippen LogP contribution is 2.23. The third-order valence-electron chi connectivity index (χ3n) is 3.57. The minimum atomic E-state index is 1.20. The molecule has 2 aliphatic rings. The summed E-state index contributed by atoms with van der Waals surface area (Å²) in [7, 11) is 0. The molecule has 2 nitrogen and oxygen atoms in total. The fourth-order valence-corrected chi connectivity index (χ4v) is 2.52. The number of allylic oxidation sites excluding steroid dienone is 4. The third kappa shape index (κ3) is 2.43. The van der Waals surface area contributed by atoms with Crippen molar-refractivity contribution < 1.29 is 0 Å². The Morgan fingerprint density at radius 1 is 1.20 bits per heavy atom. The van der Waals surface area contributed by atoms with Gasteiger partial charge in [0.1, 0.15) is 0 Å². The molecule has 1 saturated heterocycles. The van der Waals surface area contributed by atoms with Crippen molar-refractivity contribution in [1.29, 1.82) is 0 Å². The van der Waals surface area contributed by atoms with Gasteiger partial charge in [-0.3, -0.25) is 0 Å². The highest BCUT2D eigenvalue weighted by atomic mass is 15.3. The van der Waals surface area contributed by atoms with E-state index in [0.717, 1.165) is 0 Å². The first-order chi connectivity index (χ1) is 7.31. The van der Waals surface area contributed by atoms with Crippen LogP contribution in [0.25, 0.3) is 0 Å². The molecule has 1 heterocycles. The van der Waals surface area contributed by atoms with Gasteiger partial charge < -0.3 is 9.80 Å². The summed E-state index contributed by atoms with van der Waals surface area (Å²) >= 11 is 0. The largest absolute Gasteiger partial charge is 0.372 e. The van der Waals surface area contributed by atoms with Gasteiger partial charge in [-0.1, -0.05) is 19.1 Å². The van der Waals surface area contributed by atoms with Gasteiger partial charge in [0.15, 0.2) is 0 Å². The van der Waals surface area contributed by atoms with Crippen molar-refractivity contribution in [2.75, 3.05) is 32.7 Å². The molecule has 0 N–H and O–H groups in total. The number of nitrogens with zero attached hydrogens (tertiary/aromatic N) is 2. The molecular weight excluding hydrogens is 184 g/mol. The van der Waals surface area contributed by atoms with Gasteiger partial charge in [-0.15, -0.1) is 0 Å². The molecule has 15 heavy (non-hydrogen) atoms. The maximum atomic E-state index is 2.59. The summed E-state index contributed by atoms with van der Waals surface area (Å²) < 4.78 is 0. The van der Waals surface area contributed by atoms with Gasteiger partial charge in [0.25, 0.3) is 0 Å². The van der Waals surface area contributed by atoms with Crippen LogP contribution in [0.1, 0.15) is 26.7 Å². The first-order valence-electron chi connectivity index (χ1n) is 6.15. The van der Waals surface area contributed by atoms with E-state index in [4.69, 9.17) is 0 Å². The Morgan fingerprint density at radius 3 is 2.53 bits per heavy atom. The number of hydrogen-bond donors (Lipinski definition) is 0. The fourth-order valence-electron chi connectivity index (χ4n) is 2.52. The van der Waals surface area contributed by atoms with Crippen LogP contribution in [-0.2, 0) is 0 Å². The van der Waals surface area contributed by atoms with E-state index in [-0.39, 0.29) is 0 Å².